The molecule has 2 rings (SSSR count). The Morgan fingerprint density at radius 1 is 1.25 bits per heavy atom. The average Bonchev–Trinajstić information content (AvgIpc) is 2.91. The second-order valence-corrected chi connectivity index (χ2v) is 6.01. The summed E-state index contributed by atoms with van der Waals surface area (Å²) in [7, 11) is 2.00. The van der Waals surface area contributed by atoms with Crippen LogP contribution in [0.1, 0.15) is 64.6 Å². The Morgan fingerprint density at radius 3 is 2.65 bits per heavy atom. The molecule has 2 heterocycles. The lowest BCUT2D eigenvalue weighted by Crippen LogP contribution is -2.08. The van der Waals surface area contributed by atoms with Crippen LogP contribution in [-0.2, 0) is 13.5 Å². The number of fused-ring (bicyclic) bond motifs is 1. The van der Waals surface area contributed by atoms with Crippen LogP contribution in [0.3, 0.4) is 0 Å². The third-order valence-corrected chi connectivity index (χ3v) is 4.32. The highest BCUT2D eigenvalue weighted by atomic mass is 32.1. The van der Waals surface area contributed by atoms with Gasteiger partial charge in [0, 0.05) is 13.1 Å². The van der Waals surface area contributed by atoms with Crippen molar-refractivity contribution in [2.75, 3.05) is 0 Å². The number of aromatic nitrogens is 4. The maximum atomic E-state index is 5.52. The van der Waals surface area contributed by atoms with Crippen LogP contribution in [-0.4, -0.2) is 19.3 Å². The number of aryl methyl sites for hydroxylation is 2. The molecular formula is C15H26N4S. The number of H-pyrrole nitrogens is 1. The maximum absolute atomic E-state index is 5.52. The van der Waals surface area contributed by atoms with Gasteiger partial charge in [0.25, 0.3) is 0 Å². The first-order valence-electron chi connectivity index (χ1n) is 7.76. The summed E-state index contributed by atoms with van der Waals surface area (Å²) in [5.41, 5.74) is 3.35. The van der Waals surface area contributed by atoms with Gasteiger partial charge in [0.2, 0.25) is 0 Å². The first kappa shape index (κ1) is 15.3. The van der Waals surface area contributed by atoms with Crippen molar-refractivity contribution in [1.29, 1.82) is 0 Å². The highest BCUT2D eigenvalue weighted by Crippen LogP contribution is 2.25. The molecule has 5 heteroatoms. The van der Waals surface area contributed by atoms with Crippen molar-refractivity contribution in [1.82, 2.24) is 19.3 Å². The molecule has 0 bridgehead atoms. The molecule has 0 aliphatic rings. The molecule has 0 aliphatic heterocycles. The number of imidazole rings is 1. The van der Waals surface area contributed by atoms with Crippen molar-refractivity contribution < 1.29 is 0 Å². The molecule has 1 atom stereocenters. The zero-order chi connectivity index (χ0) is 14.7. The summed E-state index contributed by atoms with van der Waals surface area (Å²) in [5.74, 6) is 0. The molecule has 1 N–H and O–H groups in total. The first-order valence-corrected chi connectivity index (χ1v) is 8.17. The van der Waals surface area contributed by atoms with Gasteiger partial charge in [0.05, 0.1) is 5.69 Å². The zero-order valence-electron chi connectivity index (χ0n) is 13.1. The lowest BCUT2D eigenvalue weighted by atomic mass is 10.1. The van der Waals surface area contributed by atoms with Gasteiger partial charge in [0.15, 0.2) is 10.4 Å². The summed E-state index contributed by atoms with van der Waals surface area (Å²) >= 11 is 5.52. The van der Waals surface area contributed by atoms with E-state index < -0.39 is 0 Å². The third-order valence-electron chi connectivity index (χ3n) is 4.02. The minimum absolute atomic E-state index is 0.424. The fourth-order valence-corrected chi connectivity index (χ4v) is 3.26. The van der Waals surface area contributed by atoms with Crippen LogP contribution in [0.5, 0.6) is 0 Å². The zero-order valence-corrected chi connectivity index (χ0v) is 13.9. The third kappa shape index (κ3) is 2.82. The standard InChI is InChI=1S/C15H26N4S/c1-5-7-8-9-10-11(3)19-14-13(16-15(19)20)12(6-2)17-18(14)4/h11H,5-10H2,1-4H3,(H,16,20). The molecular weight excluding hydrogens is 268 g/mol. The smallest absolute Gasteiger partial charge is 0.179 e. The second kappa shape index (κ2) is 6.57. The lowest BCUT2D eigenvalue weighted by molar-refractivity contribution is 0.471. The van der Waals surface area contributed by atoms with Crippen LogP contribution in [0, 0.1) is 4.77 Å². The Labute approximate surface area is 126 Å². The molecule has 0 fully saturated rings. The lowest BCUT2D eigenvalue weighted by Gasteiger charge is -2.14. The van der Waals surface area contributed by atoms with Crippen molar-refractivity contribution in [3.05, 3.63) is 10.5 Å². The first-order chi connectivity index (χ1) is 9.60. The van der Waals surface area contributed by atoms with Crippen molar-refractivity contribution >= 4 is 23.4 Å². The Bertz CT molecular complexity index is 620. The van der Waals surface area contributed by atoms with Crippen molar-refractivity contribution in [3.63, 3.8) is 0 Å². The van der Waals surface area contributed by atoms with E-state index in [-0.39, 0.29) is 0 Å². The van der Waals surface area contributed by atoms with E-state index in [1.165, 1.54) is 32.1 Å². The average molecular weight is 294 g/mol. The number of aromatic amines is 1. The summed E-state index contributed by atoms with van der Waals surface area (Å²) in [6, 6.07) is 0.424. The molecule has 0 saturated heterocycles. The fourth-order valence-electron chi connectivity index (χ4n) is 2.89. The molecule has 112 valence electrons. The Kier molecular flexibility index (Phi) is 5.02. The minimum atomic E-state index is 0.424. The summed E-state index contributed by atoms with van der Waals surface area (Å²) < 4.78 is 5.02. The van der Waals surface area contributed by atoms with Gasteiger partial charge in [-0.25, -0.2) is 0 Å². The van der Waals surface area contributed by atoms with E-state index in [9.17, 15) is 0 Å². The van der Waals surface area contributed by atoms with Gasteiger partial charge in [-0.3, -0.25) is 9.25 Å². The highest BCUT2D eigenvalue weighted by molar-refractivity contribution is 7.71. The molecule has 20 heavy (non-hydrogen) atoms. The van der Waals surface area contributed by atoms with E-state index in [0.717, 1.165) is 28.0 Å². The molecule has 0 aromatic carbocycles. The SMILES string of the molecule is CCCCCCC(C)n1c(=S)[nH]c2c(CC)nn(C)c21. The van der Waals surface area contributed by atoms with Gasteiger partial charge in [-0.15, -0.1) is 0 Å². The predicted molar refractivity (Wildman–Crippen MR) is 86.7 cm³/mol. The van der Waals surface area contributed by atoms with Crippen LogP contribution in [0.4, 0.5) is 0 Å². The second-order valence-electron chi connectivity index (χ2n) is 5.62. The maximum Gasteiger partial charge on any atom is 0.179 e. The van der Waals surface area contributed by atoms with Gasteiger partial charge >= 0.3 is 0 Å². The quantitative estimate of drug-likeness (QED) is 0.602. The fraction of sp³-hybridized carbons (Fsp3) is 0.733. The van der Waals surface area contributed by atoms with Crippen LogP contribution in [0.2, 0.25) is 0 Å². The van der Waals surface area contributed by atoms with E-state index in [4.69, 9.17) is 12.2 Å². The molecule has 1 unspecified atom stereocenters. The molecule has 0 aliphatic carbocycles. The van der Waals surface area contributed by atoms with Gasteiger partial charge in [0.1, 0.15) is 5.52 Å². The van der Waals surface area contributed by atoms with Crippen LogP contribution in [0.15, 0.2) is 0 Å². The number of nitrogens with one attached hydrogen (secondary N) is 1. The molecule has 2 aromatic rings. The summed E-state index contributed by atoms with van der Waals surface area (Å²) in [6.07, 6.45) is 7.29. The van der Waals surface area contributed by atoms with E-state index >= 15 is 0 Å². The minimum Gasteiger partial charge on any atom is -0.328 e. The van der Waals surface area contributed by atoms with Crippen LogP contribution < -0.4 is 0 Å². The molecule has 0 radical (unpaired) electrons. The Morgan fingerprint density at radius 2 is 2.00 bits per heavy atom. The van der Waals surface area contributed by atoms with E-state index in [1.54, 1.807) is 0 Å². The normalized spacial score (nSPS) is 13.2. The molecule has 0 spiro atoms. The van der Waals surface area contributed by atoms with Gasteiger partial charge in [-0.2, -0.15) is 5.10 Å². The molecule has 0 amide bonds. The number of unbranched alkanes of at least 4 members (excludes halogenated alkanes) is 3. The van der Waals surface area contributed by atoms with Gasteiger partial charge in [-0.05, 0) is 32.0 Å². The number of hydrogen-bond donors (Lipinski definition) is 1. The van der Waals surface area contributed by atoms with Crippen molar-refractivity contribution in [2.45, 2.75) is 65.3 Å². The van der Waals surface area contributed by atoms with Gasteiger partial charge < -0.3 is 4.98 Å². The summed E-state index contributed by atoms with van der Waals surface area (Å²) in [6.45, 7) is 6.63. The molecule has 2 aromatic heterocycles. The largest absolute Gasteiger partial charge is 0.328 e. The van der Waals surface area contributed by atoms with E-state index in [1.807, 2.05) is 11.7 Å². The van der Waals surface area contributed by atoms with Crippen molar-refractivity contribution in [3.8, 4) is 0 Å². The monoisotopic (exact) mass is 294 g/mol. The van der Waals surface area contributed by atoms with Crippen LogP contribution in [0.25, 0.3) is 11.2 Å². The summed E-state index contributed by atoms with van der Waals surface area (Å²) in [4.78, 5) is 3.34. The van der Waals surface area contributed by atoms with Crippen LogP contribution >= 0.6 is 12.2 Å². The molecule has 4 nitrogen and oxygen atoms in total. The predicted octanol–water partition coefficient (Wildman–Crippen LogP) is 4.53. The Hall–Kier alpha value is -1.10. The number of nitrogens with zero attached hydrogens (tertiary/aromatic N) is 3. The summed E-state index contributed by atoms with van der Waals surface area (Å²) in [5, 5.41) is 4.58. The highest BCUT2D eigenvalue weighted by Gasteiger charge is 2.17. The van der Waals surface area contributed by atoms with E-state index in [0.29, 0.717) is 6.04 Å². The van der Waals surface area contributed by atoms with Crippen molar-refractivity contribution in [2.24, 2.45) is 7.05 Å². The Balaban J connectivity index is 2.27. The topological polar surface area (TPSA) is 38.5 Å². The number of hydrogen-bond acceptors (Lipinski definition) is 2. The number of rotatable bonds is 7. The molecule has 0 saturated carbocycles. The van der Waals surface area contributed by atoms with E-state index in [2.05, 4.69) is 35.4 Å². The van der Waals surface area contributed by atoms with Gasteiger partial charge in [-0.1, -0.05) is 39.5 Å².